The van der Waals surface area contributed by atoms with Crippen LogP contribution in [0.1, 0.15) is 40.8 Å². The van der Waals surface area contributed by atoms with Gasteiger partial charge in [-0.15, -0.1) is 0 Å². The second-order valence-corrected chi connectivity index (χ2v) is 9.16. The molecule has 0 aromatic heterocycles. The number of carbonyl (C=O) groups is 1. The predicted octanol–water partition coefficient (Wildman–Crippen LogP) is 7.01. The smallest absolute Gasteiger partial charge is 0.416 e. The highest BCUT2D eigenvalue weighted by Gasteiger charge is 2.38. The summed E-state index contributed by atoms with van der Waals surface area (Å²) in [7, 11) is 1.12. The molecule has 12 heteroatoms. The summed E-state index contributed by atoms with van der Waals surface area (Å²) in [6, 6.07) is 13.8. The fourth-order valence-electron chi connectivity index (χ4n) is 4.63. The molecule has 3 aromatic rings. The van der Waals surface area contributed by atoms with Gasteiger partial charge in [0.1, 0.15) is 5.82 Å². The molecular weight excluding hydrogens is 555 g/mol. The molecule has 5 nitrogen and oxygen atoms in total. The molecule has 0 radical (unpaired) electrons. The lowest BCUT2D eigenvalue weighted by Crippen LogP contribution is -2.49. The molecule has 1 N–H and O–H groups in total. The van der Waals surface area contributed by atoms with Crippen molar-refractivity contribution in [1.82, 2.24) is 10.2 Å². The van der Waals surface area contributed by atoms with Crippen LogP contribution in [0.25, 0.3) is 0 Å². The van der Waals surface area contributed by atoms with Crippen LogP contribution in [0.5, 0.6) is 0 Å². The van der Waals surface area contributed by atoms with E-state index in [9.17, 15) is 35.5 Å². The van der Waals surface area contributed by atoms with Crippen LogP contribution in [0.2, 0.25) is 0 Å². The average Bonchev–Trinajstić information content (AvgIpc) is 2.92. The summed E-state index contributed by atoms with van der Waals surface area (Å²) >= 11 is 0. The molecule has 4 rings (SSSR count). The Labute approximate surface area is 231 Å². The number of esters is 1. The number of nitrogens with zero attached hydrogens (tertiary/aromatic N) is 2. The zero-order chi connectivity index (χ0) is 29.9. The first-order chi connectivity index (χ1) is 19.3. The monoisotopic (exact) mass is 579 g/mol. The lowest BCUT2D eigenvalue weighted by molar-refractivity contribution is -0.139. The summed E-state index contributed by atoms with van der Waals surface area (Å²) in [4.78, 5) is 18.5. The first-order valence-corrected chi connectivity index (χ1v) is 12.2. The number of benzene rings is 3. The normalized spacial score (nSPS) is 17.0. The van der Waals surface area contributed by atoms with Gasteiger partial charge in [0.15, 0.2) is 5.96 Å². The number of ether oxygens (including phenoxy) is 1. The van der Waals surface area contributed by atoms with Gasteiger partial charge in [0.25, 0.3) is 0 Å². The van der Waals surface area contributed by atoms with E-state index in [0.717, 1.165) is 25.3 Å². The van der Waals surface area contributed by atoms with E-state index < -0.39 is 54.4 Å². The van der Waals surface area contributed by atoms with E-state index in [1.54, 1.807) is 0 Å². The number of halogens is 7. The second kappa shape index (κ2) is 11.6. The van der Waals surface area contributed by atoms with E-state index in [2.05, 4.69) is 10.3 Å². The number of hydrogen-bond donors (Lipinski definition) is 1. The van der Waals surface area contributed by atoms with E-state index in [-0.39, 0.29) is 33.9 Å². The number of allylic oxidation sites excluding steroid dienone is 1. The summed E-state index contributed by atoms with van der Waals surface area (Å²) in [6.45, 7) is 0.519. The first kappa shape index (κ1) is 29.6. The number of hydrogen-bond acceptors (Lipinski definition) is 3. The molecular formula is C29H24F7N3O2. The summed E-state index contributed by atoms with van der Waals surface area (Å²) in [5.41, 5.74) is -1.82. The fraction of sp³-hybridized carbons (Fsp3) is 0.241. The van der Waals surface area contributed by atoms with Crippen molar-refractivity contribution in [3.63, 3.8) is 0 Å². The highest BCUT2D eigenvalue weighted by Crippen LogP contribution is 2.37. The first-order valence-electron chi connectivity index (χ1n) is 12.2. The van der Waals surface area contributed by atoms with Crippen LogP contribution in [0, 0.1) is 5.82 Å². The maximum Gasteiger partial charge on any atom is 0.416 e. The standard InChI is InChI=1S/C29H24F7N3O2/c1-17-24(26(40)41-2)25(18-10-7-11-21(30)14-18)38-27(37-15-19-8-3-5-12-22(19)28(31,32)33)39(17)16-20-9-4-6-13-23(20)29(34,35)36/h3-14,25H,15-16H2,1-2H3,(H,37,38). The molecule has 1 heterocycles. The Kier molecular flexibility index (Phi) is 8.41. The van der Waals surface area contributed by atoms with Crippen LogP contribution in [0.4, 0.5) is 30.7 Å². The lowest BCUT2D eigenvalue weighted by Gasteiger charge is -2.38. The Morgan fingerprint density at radius 3 is 2.07 bits per heavy atom. The van der Waals surface area contributed by atoms with Gasteiger partial charge in [-0.05, 0) is 47.9 Å². The van der Waals surface area contributed by atoms with Crippen molar-refractivity contribution in [1.29, 1.82) is 0 Å². The molecule has 41 heavy (non-hydrogen) atoms. The van der Waals surface area contributed by atoms with Crippen LogP contribution in [0.3, 0.4) is 0 Å². The number of nitrogens with one attached hydrogen (secondary N) is 1. The Bertz CT molecular complexity index is 1500. The third-order valence-corrected chi connectivity index (χ3v) is 6.57. The summed E-state index contributed by atoms with van der Waals surface area (Å²) in [5, 5.41) is 2.94. The highest BCUT2D eigenvalue weighted by molar-refractivity contribution is 5.96. The minimum absolute atomic E-state index is 0.0303. The Morgan fingerprint density at radius 2 is 1.49 bits per heavy atom. The van der Waals surface area contributed by atoms with Crippen molar-refractivity contribution in [3.8, 4) is 0 Å². The van der Waals surface area contributed by atoms with Crippen molar-refractivity contribution in [3.05, 3.63) is 118 Å². The third-order valence-electron chi connectivity index (χ3n) is 6.57. The lowest BCUT2D eigenvalue weighted by atomic mass is 9.94. The molecule has 0 amide bonds. The van der Waals surface area contributed by atoms with Gasteiger partial charge in [-0.1, -0.05) is 48.5 Å². The van der Waals surface area contributed by atoms with Crippen molar-refractivity contribution in [2.75, 3.05) is 7.11 Å². The van der Waals surface area contributed by atoms with Crippen molar-refractivity contribution >= 4 is 11.9 Å². The van der Waals surface area contributed by atoms with E-state index in [4.69, 9.17) is 4.74 Å². The molecule has 1 aliphatic heterocycles. The van der Waals surface area contributed by atoms with Gasteiger partial charge >= 0.3 is 18.3 Å². The van der Waals surface area contributed by atoms with Crippen molar-refractivity contribution in [2.24, 2.45) is 4.99 Å². The SMILES string of the molecule is COC(=O)C1=C(C)N(Cc2ccccc2C(F)(F)F)C(=NCc2ccccc2C(F)(F)F)NC1c1cccc(F)c1. The van der Waals surface area contributed by atoms with Gasteiger partial charge in [0, 0.05) is 5.70 Å². The molecule has 216 valence electrons. The summed E-state index contributed by atoms with van der Waals surface area (Å²) in [6.07, 6.45) is -9.37. The second-order valence-electron chi connectivity index (χ2n) is 9.16. The number of carbonyl (C=O) groups excluding carboxylic acids is 1. The van der Waals surface area contributed by atoms with Gasteiger partial charge in [0.2, 0.25) is 0 Å². The predicted molar refractivity (Wildman–Crippen MR) is 137 cm³/mol. The van der Waals surface area contributed by atoms with Crippen molar-refractivity contribution < 1.29 is 40.3 Å². The third kappa shape index (κ3) is 6.53. The molecule has 1 unspecified atom stereocenters. The van der Waals surface area contributed by atoms with E-state index in [1.165, 1.54) is 66.4 Å². The van der Waals surface area contributed by atoms with E-state index in [1.807, 2.05) is 0 Å². The quantitative estimate of drug-likeness (QED) is 0.252. The van der Waals surface area contributed by atoms with Gasteiger partial charge in [-0.25, -0.2) is 14.2 Å². The number of methoxy groups -OCH3 is 1. The molecule has 0 fully saturated rings. The molecule has 0 saturated heterocycles. The molecule has 1 atom stereocenters. The van der Waals surface area contributed by atoms with E-state index >= 15 is 0 Å². The molecule has 0 saturated carbocycles. The Hall–Kier alpha value is -4.35. The zero-order valence-electron chi connectivity index (χ0n) is 21.8. The summed E-state index contributed by atoms with van der Waals surface area (Å²) in [5.74, 6) is -1.57. The highest BCUT2D eigenvalue weighted by atomic mass is 19.4. The maximum atomic E-state index is 14.2. The molecule has 0 bridgehead atoms. The topological polar surface area (TPSA) is 53.9 Å². The number of alkyl halides is 6. The Morgan fingerprint density at radius 1 is 0.902 bits per heavy atom. The largest absolute Gasteiger partial charge is 0.466 e. The van der Waals surface area contributed by atoms with E-state index in [0.29, 0.717) is 0 Å². The Balaban J connectivity index is 1.88. The minimum atomic E-state index is -4.70. The van der Waals surface area contributed by atoms with Crippen molar-refractivity contribution in [2.45, 2.75) is 38.4 Å². The number of guanidine groups is 1. The summed E-state index contributed by atoms with van der Waals surface area (Å²) < 4.78 is 101. The minimum Gasteiger partial charge on any atom is -0.466 e. The average molecular weight is 580 g/mol. The van der Waals surface area contributed by atoms with Gasteiger partial charge in [-0.2, -0.15) is 26.3 Å². The van der Waals surface area contributed by atoms with Crippen LogP contribution >= 0.6 is 0 Å². The van der Waals surface area contributed by atoms with Crippen LogP contribution in [-0.4, -0.2) is 23.9 Å². The van der Waals surface area contributed by atoms with Gasteiger partial charge < -0.3 is 15.0 Å². The van der Waals surface area contributed by atoms with Crippen LogP contribution in [0.15, 0.2) is 89.1 Å². The van der Waals surface area contributed by atoms with Gasteiger partial charge in [0.05, 0.1) is 42.9 Å². The zero-order valence-corrected chi connectivity index (χ0v) is 21.8. The fourth-order valence-corrected chi connectivity index (χ4v) is 4.63. The number of aliphatic imine (C=N–C) groups is 1. The molecule has 1 aliphatic rings. The van der Waals surface area contributed by atoms with Gasteiger partial charge in [-0.3, -0.25) is 0 Å². The van der Waals surface area contributed by atoms with Crippen LogP contribution < -0.4 is 5.32 Å². The molecule has 0 spiro atoms. The molecule has 0 aliphatic carbocycles. The maximum absolute atomic E-state index is 14.2. The molecule has 3 aromatic carbocycles. The number of rotatable bonds is 6. The van der Waals surface area contributed by atoms with Crippen LogP contribution in [-0.2, 0) is 35.0 Å².